The monoisotopic (exact) mass is 332 g/mol. The number of amides is 1. The van der Waals surface area contributed by atoms with Gasteiger partial charge in [0.1, 0.15) is 5.75 Å². The molecule has 0 bridgehead atoms. The third-order valence-electron chi connectivity index (χ3n) is 4.92. The van der Waals surface area contributed by atoms with E-state index in [1.54, 1.807) is 7.11 Å². The van der Waals surface area contributed by atoms with E-state index in [0.717, 1.165) is 38.8 Å². The lowest BCUT2D eigenvalue weighted by atomic mass is 9.79. The van der Waals surface area contributed by atoms with E-state index in [2.05, 4.69) is 10.6 Å². The van der Waals surface area contributed by atoms with Crippen LogP contribution in [0, 0.1) is 5.41 Å². The number of piperidine rings is 1. The van der Waals surface area contributed by atoms with Crippen LogP contribution in [0.4, 0.5) is 0 Å². The number of methoxy groups -OCH3 is 1. The molecule has 0 atom stereocenters. The fraction of sp³-hybridized carbons (Fsp3) is 0.933. The molecule has 2 aliphatic rings. The highest BCUT2D eigenvalue weighted by Gasteiger charge is 2.34. The molecular weight excluding hydrogens is 304 g/mol. The first-order valence-electron chi connectivity index (χ1n) is 8.15. The van der Waals surface area contributed by atoms with Gasteiger partial charge in [0.2, 0.25) is 5.91 Å². The quantitative estimate of drug-likeness (QED) is 0.708. The lowest BCUT2D eigenvalue weighted by Crippen LogP contribution is -2.48. The van der Waals surface area contributed by atoms with Crippen LogP contribution >= 0.6 is 0 Å². The second kappa shape index (κ2) is 7.75. The van der Waals surface area contributed by atoms with Crippen molar-refractivity contribution in [3.63, 3.8) is 0 Å². The highest BCUT2D eigenvalue weighted by Crippen LogP contribution is 2.28. The van der Waals surface area contributed by atoms with Crippen LogP contribution in [0.15, 0.2) is 0 Å². The third-order valence-corrected chi connectivity index (χ3v) is 7.07. The van der Waals surface area contributed by atoms with Crippen molar-refractivity contribution in [1.29, 1.82) is 0 Å². The lowest BCUT2D eigenvalue weighted by Gasteiger charge is -2.37. The van der Waals surface area contributed by atoms with Gasteiger partial charge in [0.05, 0.1) is 11.9 Å². The van der Waals surface area contributed by atoms with Crippen LogP contribution < -0.4 is 10.6 Å². The summed E-state index contributed by atoms with van der Waals surface area (Å²) >= 11 is 0. The molecule has 0 aromatic rings. The van der Waals surface area contributed by atoms with Gasteiger partial charge in [-0.1, -0.05) is 12.8 Å². The number of sulfone groups is 1. The molecule has 2 fully saturated rings. The molecule has 0 radical (unpaired) electrons. The highest BCUT2D eigenvalue weighted by molar-refractivity contribution is 7.92. The van der Waals surface area contributed by atoms with Crippen molar-refractivity contribution in [2.45, 2.75) is 43.8 Å². The van der Waals surface area contributed by atoms with Crippen molar-refractivity contribution < 1.29 is 17.9 Å². The zero-order chi connectivity index (χ0) is 16.1. The van der Waals surface area contributed by atoms with Gasteiger partial charge in [-0.05, 0) is 38.8 Å². The summed E-state index contributed by atoms with van der Waals surface area (Å²) < 4.78 is 29.7. The normalized spacial score (nSPS) is 22.6. The summed E-state index contributed by atoms with van der Waals surface area (Å²) in [6, 6.07) is 0. The Labute approximate surface area is 133 Å². The number of hydrogen-bond donors (Lipinski definition) is 2. The van der Waals surface area contributed by atoms with Crippen LogP contribution in [0.3, 0.4) is 0 Å². The molecule has 0 spiro atoms. The van der Waals surface area contributed by atoms with Gasteiger partial charge in [-0.15, -0.1) is 0 Å². The Morgan fingerprint density at radius 2 is 1.91 bits per heavy atom. The van der Waals surface area contributed by atoms with Gasteiger partial charge in [-0.3, -0.25) is 4.79 Å². The van der Waals surface area contributed by atoms with Crippen LogP contribution in [0.5, 0.6) is 0 Å². The van der Waals surface area contributed by atoms with Crippen LogP contribution in [0.2, 0.25) is 0 Å². The molecule has 1 amide bonds. The van der Waals surface area contributed by atoms with E-state index in [4.69, 9.17) is 4.74 Å². The maximum absolute atomic E-state index is 12.2. The van der Waals surface area contributed by atoms with E-state index in [-0.39, 0.29) is 22.3 Å². The summed E-state index contributed by atoms with van der Waals surface area (Å²) in [6.07, 6.45) is 5.17. The van der Waals surface area contributed by atoms with Gasteiger partial charge in [-0.25, -0.2) is 8.42 Å². The molecule has 0 unspecified atom stereocenters. The fourth-order valence-corrected chi connectivity index (χ4v) is 5.28. The zero-order valence-electron chi connectivity index (χ0n) is 13.4. The smallest absolute Gasteiger partial charge is 0.235 e. The van der Waals surface area contributed by atoms with E-state index in [1.165, 1.54) is 0 Å². The average Bonchev–Trinajstić information content (AvgIpc) is 3.01. The summed E-state index contributed by atoms with van der Waals surface area (Å²) in [5.41, 5.74) is -0.0766. The van der Waals surface area contributed by atoms with E-state index in [1.807, 2.05) is 0 Å². The third kappa shape index (κ3) is 4.67. The summed E-state index contributed by atoms with van der Waals surface area (Å²) in [5.74, 6) is -0.750. The Bertz CT molecular complexity index is 460. The standard InChI is InChI=1S/C15H28N2O4S/c1-21-12-15(6-8-16-9-7-15)11-17-14(18)10-22(19,20)13-4-2-3-5-13/h13,16H,2-12H2,1H3,(H,17,18). The number of hydrogen-bond acceptors (Lipinski definition) is 5. The first-order valence-corrected chi connectivity index (χ1v) is 9.87. The summed E-state index contributed by atoms with van der Waals surface area (Å²) in [4.78, 5) is 12.1. The Hall–Kier alpha value is -0.660. The van der Waals surface area contributed by atoms with Crippen molar-refractivity contribution in [3.05, 3.63) is 0 Å². The molecule has 128 valence electrons. The number of nitrogens with one attached hydrogen (secondary N) is 2. The molecule has 1 saturated carbocycles. The molecular formula is C15H28N2O4S. The number of rotatable bonds is 7. The molecule has 22 heavy (non-hydrogen) atoms. The van der Waals surface area contributed by atoms with Crippen molar-refractivity contribution in [2.75, 3.05) is 39.1 Å². The first-order chi connectivity index (χ1) is 10.5. The zero-order valence-corrected chi connectivity index (χ0v) is 14.2. The van der Waals surface area contributed by atoms with Crippen molar-refractivity contribution in [3.8, 4) is 0 Å². The predicted octanol–water partition coefficient (Wildman–Crippen LogP) is 0.476. The lowest BCUT2D eigenvalue weighted by molar-refractivity contribution is -0.119. The Morgan fingerprint density at radius 3 is 2.50 bits per heavy atom. The van der Waals surface area contributed by atoms with Gasteiger partial charge in [-0.2, -0.15) is 0 Å². The molecule has 2 rings (SSSR count). The minimum Gasteiger partial charge on any atom is -0.384 e. The SMILES string of the molecule is COCC1(CNC(=O)CS(=O)(=O)C2CCCC2)CCNCC1. The minimum atomic E-state index is -3.30. The molecule has 1 aliphatic heterocycles. The molecule has 1 saturated heterocycles. The maximum atomic E-state index is 12.2. The Balaban J connectivity index is 1.85. The van der Waals surface area contributed by atoms with E-state index >= 15 is 0 Å². The van der Waals surface area contributed by atoms with E-state index < -0.39 is 9.84 Å². The Kier molecular flexibility index (Phi) is 6.23. The fourth-order valence-electron chi connectivity index (χ4n) is 3.52. The van der Waals surface area contributed by atoms with Crippen molar-refractivity contribution in [2.24, 2.45) is 5.41 Å². The van der Waals surface area contributed by atoms with Crippen molar-refractivity contribution >= 4 is 15.7 Å². The number of ether oxygens (including phenoxy) is 1. The second-order valence-corrected chi connectivity index (χ2v) is 8.95. The van der Waals surface area contributed by atoms with Crippen LogP contribution in [-0.4, -0.2) is 58.7 Å². The van der Waals surface area contributed by atoms with Gasteiger partial charge in [0.15, 0.2) is 9.84 Å². The van der Waals surface area contributed by atoms with Crippen LogP contribution in [0.25, 0.3) is 0 Å². The molecule has 0 aromatic heterocycles. The van der Waals surface area contributed by atoms with Gasteiger partial charge in [0.25, 0.3) is 0 Å². The van der Waals surface area contributed by atoms with Crippen LogP contribution in [-0.2, 0) is 19.4 Å². The maximum Gasteiger partial charge on any atom is 0.235 e. The molecule has 7 heteroatoms. The molecule has 1 aliphatic carbocycles. The number of carbonyl (C=O) groups is 1. The predicted molar refractivity (Wildman–Crippen MR) is 85.5 cm³/mol. The van der Waals surface area contributed by atoms with Crippen LogP contribution in [0.1, 0.15) is 38.5 Å². The molecule has 1 heterocycles. The Morgan fingerprint density at radius 1 is 1.27 bits per heavy atom. The second-order valence-electron chi connectivity index (χ2n) is 6.67. The highest BCUT2D eigenvalue weighted by atomic mass is 32.2. The molecule has 0 aromatic carbocycles. The van der Waals surface area contributed by atoms with Gasteiger partial charge >= 0.3 is 0 Å². The largest absolute Gasteiger partial charge is 0.384 e. The van der Waals surface area contributed by atoms with Crippen molar-refractivity contribution in [1.82, 2.24) is 10.6 Å². The first kappa shape index (κ1) is 17.7. The van der Waals surface area contributed by atoms with Gasteiger partial charge < -0.3 is 15.4 Å². The number of carbonyl (C=O) groups excluding carboxylic acids is 1. The minimum absolute atomic E-state index is 0.0766. The van der Waals surface area contributed by atoms with E-state index in [9.17, 15) is 13.2 Å². The molecule has 2 N–H and O–H groups in total. The summed E-state index contributed by atoms with van der Waals surface area (Å²) in [6.45, 7) is 2.88. The van der Waals surface area contributed by atoms with Gasteiger partial charge in [0, 0.05) is 19.1 Å². The van der Waals surface area contributed by atoms with E-state index in [0.29, 0.717) is 26.0 Å². The summed E-state index contributed by atoms with van der Waals surface area (Å²) in [7, 11) is -1.64. The average molecular weight is 332 g/mol. The topological polar surface area (TPSA) is 84.5 Å². The summed E-state index contributed by atoms with van der Waals surface area (Å²) in [5, 5.41) is 5.81. The molecule has 6 nitrogen and oxygen atoms in total.